The topological polar surface area (TPSA) is 118 Å². The minimum absolute atomic E-state index is 0.194. The lowest BCUT2D eigenvalue weighted by atomic mass is 10.2. The molecule has 0 spiro atoms. The van der Waals surface area contributed by atoms with Gasteiger partial charge in [-0.3, -0.25) is 9.78 Å². The minimum atomic E-state index is -1.09. The van der Waals surface area contributed by atoms with E-state index in [2.05, 4.69) is 25.6 Å². The van der Waals surface area contributed by atoms with Crippen molar-refractivity contribution in [3.05, 3.63) is 77.8 Å². The standard InChI is InChI=1S/C26H26ClN5O4/c1-16(31-26(34)17(2)33)13-35-23-8-5-7-21-24(23)25(30-15-29-21)32-18-9-10-22(20(27)12-18)36-14-19-6-3-4-11-28-19/h3-12,15-17,33H,13-14H2,1-2H3,(H,31,34)(H,29,30,32). The number of aliphatic hydroxyl groups is 1. The number of halogens is 1. The van der Waals surface area contributed by atoms with E-state index in [-0.39, 0.29) is 12.6 Å². The number of pyridine rings is 1. The Kier molecular flexibility index (Phi) is 8.14. The largest absolute Gasteiger partial charge is 0.491 e. The average molecular weight is 508 g/mol. The Morgan fingerprint density at radius 3 is 2.64 bits per heavy atom. The Morgan fingerprint density at radius 2 is 1.89 bits per heavy atom. The molecule has 2 unspecified atom stereocenters. The number of nitrogens with zero attached hydrogens (tertiary/aromatic N) is 3. The van der Waals surface area contributed by atoms with Crippen LogP contribution in [0, 0.1) is 0 Å². The van der Waals surface area contributed by atoms with Gasteiger partial charge in [0.15, 0.2) is 0 Å². The van der Waals surface area contributed by atoms with E-state index in [1.165, 1.54) is 13.3 Å². The number of carbonyl (C=O) groups is 1. The summed E-state index contributed by atoms with van der Waals surface area (Å²) in [7, 11) is 0. The molecule has 2 aromatic heterocycles. The molecule has 9 nitrogen and oxygen atoms in total. The molecule has 0 saturated carbocycles. The van der Waals surface area contributed by atoms with Gasteiger partial charge in [0.05, 0.1) is 27.7 Å². The summed E-state index contributed by atoms with van der Waals surface area (Å²) in [6, 6.07) is 16.2. The van der Waals surface area contributed by atoms with Gasteiger partial charge in [-0.25, -0.2) is 9.97 Å². The van der Waals surface area contributed by atoms with Crippen molar-refractivity contribution in [1.29, 1.82) is 0 Å². The van der Waals surface area contributed by atoms with Crippen LogP contribution in [0.5, 0.6) is 11.5 Å². The normalized spacial score (nSPS) is 12.6. The van der Waals surface area contributed by atoms with Crippen molar-refractivity contribution in [3.63, 3.8) is 0 Å². The molecule has 4 aromatic rings. The zero-order valence-electron chi connectivity index (χ0n) is 19.8. The van der Waals surface area contributed by atoms with Gasteiger partial charge < -0.3 is 25.2 Å². The van der Waals surface area contributed by atoms with Crippen LogP contribution in [0.1, 0.15) is 19.5 Å². The zero-order valence-corrected chi connectivity index (χ0v) is 20.6. The molecule has 0 aliphatic rings. The van der Waals surface area contributed by atoms with Gasteiger partial charge in [-0.1, -0.05) is 23.7 Å². The van der Waals surface area contributed by atoms with Gasteiger partial charge in [0.2, 0.25) is 5.91 Å². The second-order valence-corrected chi connectivity index (χ2v) is 8.56. The van der Waals surface area contributed by atoms with Crippen LogP contribution in [-0.4, -0.2) is 44.7 Å². The SMILES string of the molecule is CC(COc1cccc2ncnc(Nc3ccc(OCc4ccccn4)c(Cl)c3)c12)NC(=O)C(C)O. The molecule has 0 aliphatic heterocycles. The number of carbonyl (C=O) groups excluding carboxylic acids is 1. The highest BCUT2D eigenvalue weighted by molar-refractivity contribution is 6.32. The number of amides is 1. The lowest BCUT2D eigenvalue weighted by Gasteiger charge is -2.18. The Bertz CT molecular complexity index is 1330. The molecule has 10 heteroatoms. The highest BCUT2D eigenvalue weighted by Gasteiger charge is 2.15. The molecule has 186 valence electrons. The van der Waals surface area contributed by atoms with E-state index in [4.69, 9.17) is 21.1 Å². The lowest BCUT2D eigenvalue weighted by molar-refractivity contribution is -0.129. The average Bonchev–Trinajstić information content (AvgIpc) is 2.87. The third-order valence-corrected chi connectivity index (χ3v) is 5.47. The maximum absolute atomic E-state index is 11.7. The first-order valence-electron chi connectivity index (χ1n) is 11.3. The van der Waals surface area contributed by atoms with E-state index in [0.29, 0.717) is 45.5 Å². The number of hydrogen-bond donors (Lipinski definition) is 3. The van der Waals surface area contributed by atoms with Gasteiger partial charge in [0.1, 0.15) is 43.0 Å². The Hall–Kier alpha value is -3.95. The van der Waals surface area contributed by atoms with E-state index in [1.54, 1.807) is 25.3 Å². The Morgan fingerprint density at radius 1 is 1.03 bits per heavy atom. The Balaban J connectivity index is 1.49. The van der Waals surface area contributed by atoms with Crippen molar-refractivity contribution < 1.29 is 19.4 Å². The maximum atomic E-state index is 11.7. The molecule has 0 saturated heterocycles. The van der Waals surface area contributed by atoms with Crippen LogP contribution in [0.2, 0.25) is 5.02 Å². The van der Waals surface area contributed by atoms with Gasteiger partial charge in [0.25, 0.3) is 0 Å². The fraction of sp³-hybridized carbons (Fsp3) is 0.231. The lowest BCUT2D eigenvalue weighted by Crippen LogP contribution is -2.41. The molecule has 2 atom stereocenters. The van der Waals surface area contributed by atoms with E-state index in [1.807, 2.05) is 42.5 Å². The van der Waals surface area contributed by atoms with Gasteiger partial charge in [-0.2, -0.15) is 0 Å². The number of hydrogen-bond acceptors (Lipinski definition) is 8. The fourth-order valence-corrected chi connectivity index (χ4v) is 3.62. The molecule has 0 radical (unpaired) electrons. The van der Waals surface area contributed by atoms with Crippen LogP contribution >= 0.6 is 11.6 Å². The Labute approximate surface area is 213 Å². The highest BCUT2D eigenvalue weighted by atomic mass is 35.5. The van der Waals surface area contributed by atoms with Crippen molar-refractivity contribution in [1.82, 2.24) is 20.3 Å². The molecule has 1 amide bonds. The molecule has 4 rings (SSSR count). The van der Waals surface area contributed by atoms with Crippen LogP contribution in [0.4, 0.5) is 11.5 Å². The number of ether oxygens (including phenoxy) is 2. The third-order valence-electron chi connectivity index (χ3n) is 5.18. The van der Waals surface area contributed by atoms with Gasteiger partial charge in [0, 0.05) is 11.9 Å². The number of rotatable bonds is 10. The summed E-state index contributed by atoms with van der Waals surface area (Å²) < 4.78 is 11.8. The predicted molar refractivity (Wildman–Crippen MR) is 138 cm³/mol. The first-order valence-corrected chi connectivity index (χ1v) is 11.7. The van der Waals surface area contributed by atoms with Gasteiger partial charge >= 0.3 is 0 Å². The van der Waals surface area contributed by atoms with Crippen molar-refractivity contribution in [2.45, 2.75) is 32.6 Å². The quantitative estimate of drug-likeness (QED) is 0.291. The number of fused-ring (bicyclic) bond motifs is 1. The predicted octanol–water partition coefficient (Wildman–Crippen LogP) is 4.27. The molecule has 0 bridgehead atoms. The first kappa shape index (κ1) is 25.2. The zero-order chi connectivity index (χ0) is 25.5. The van der Waals surface area contributed by atoms with E-state index in [0.717, 1.165) is 5.69 Å². The fourth-order valence-electron chi connectivity index (χ4n) is 3.38. The van der Waals surface area contributed by atoms with Crippen LogP contribution < -0.4 is 20.1 Å². The van der Waals surface area contributed by atoms with Crippen molar-refractivity contribution in [2.24, 2.45) is 0 Å². The molecular weight excluding hydrogens is 482 g/mol. The molecular formula is C26H26ClN5O4. The summed E-state index contributed by atoms with van der Waals surface area (Å²) >= 11 is 6.46. The van der Waals surface area contributed by atoms with E-state index in [9.17, 15) is 9.90 Å². The minimum Gasteiger partial charge on any atom is -0.491 e. The van der Waals surface area contributed by atoms with Crippen LogP contribution in [-0.2, 0) is 11.4 Å². The molecule has 0 fully saturated rings. The van der Waals surface area contributed by atoms with Crippen molar-refractivity contribution in [2.75, 3.05) is 11.9 Å². The van der Waals surface area contributed by atoms with E-state index < -0.39 is 12.0 Å². The summed E-state index contributed by atoms with van der Waals surface area (Å²) in [5, 5.41) is 16.5. The van der Waals surface area contributed by atoms with Crippen LogP contribution in [0.3, 0.4) is 0 Å². The number of aliphatic hydroxyl groups excluding tert-OH is 1. The second-order valence-electron chi connectivity index (χ2n) is 8.15. The smallest absolute Gasteiger partial charge is 0.248 e. The van der Waals surface area contributed by atoms with Crippen LogP contribution in [0.15, 0.2) is 67.1 Å². The summed E-state index contributed by atoms with van der Waals surface area (Å²) in [6.45, 7) is 3.70. The monoisotopic (exact) mass is 507 g/mol. The third kappa shape index (κ3) is 6.38. The number of benzene rings is 2. The maximum Gasteiger partial charge on any atom is 0.248 e. The number of anilines is 2. The van der Waals surface area contributed by atoms with Gasteiger partial charge in [-0.05, 0) is 56.3 Å². The van der Waals surface area contributed by atoms with Crippen molar-refractivity contribution >= 4 is 39.9 Å². The van der Waals surface area contributed by atoms with Crippen molar-refractivity contribution in [3.8, 4) is 11.5 Å². The van der Waals surface area contributed by atoms with E-state index >= 15 is 0 Å². The second kappa shape index (κ2) is 11.7. The van der Waals surface area contributed by atoms with Gasteiger partial charge in [-0.15, -0.1) is 0 Å². The summed E-state index contributed by atoms with van der Waals surface area (Å²) in [4.78, 5) is 24.7. The molecule has 2 heterocycles. The molecule has 2 aromatic carbocycles. The first-order chi connectivity index (χ1) is 17.4. The molecule has 0 aliphatic carbocycles. The summed E-state index contributed by atoms with van der Waals surface area (Å²) in [5.41, 5.74) is 2.19. The number of aromatic nitrogens is 3. The highest BCUT2D eigenvalue weighted by Crippen LogP contribution is 2.34. The summed E-state index contributed by atoms with van der Waals surface area (Å²) in [5.74, 6) is 1.17. The summed E-state index contributed by atoms with van der Waals surface area (Å²) in [6.07, 6.45) is 2.09. The molecule has 36 heavy (non-hydrogen) atoms. The number of nitrogens with one attached hydrogen (secondary N) is 2. The van der Waals surface area contributed by atoms with Crippen LogP contribution in [0.25, 0.3) is 10.9 Å². The molecule has 3 N–H and O–H groups in total.